The third kappa shape index (κ3) is 4.04. The number of ether oxygens (including phenoxy) is 1. The van der Waals surface area contributed by atoms with Crippen LogP contribution in [0.25, 0.3) is 10.9 Å². The van der Waals surface area contributed by atoms with Crippen LogP contribution in [0.5, 0.6) is 5.75 Å². The average Bonchev–Trinajstić information content (AvgIpc) is 3.83. The smallest absolute Gasteiger partial charge is 0.301 e. The Kier molecular flexibility index (Phi) is 5.31. The van der Waals surface area contributed by atoms with Crippen LogP contribution in [-0.2, 0) is 7.05 Å². The van der Waals surface area contributed by atoms with Crippen molar-refractivity contribution in [1.82, 2.24) is 14.5 Å². The van der Waals surface area contributed by atoms with E-state index in [0.29, 0.717) is 44.5 Å². The van der Waals surface area contributed by atoms with Gasteiger partial charge in [0.2, 0.25) is 11.7 Å². The van der Waals surface area contributed by atoms with Crippen molar-refractivity contribution in [2.45, 2.75) is 50.5 Å². The number of rotatable bonds is 4. The van der Waals surface area contributed by atoms with Gasteiger partial charge in [-0.2, -0.15) is 4.98 Å². The first kappa shape index (κ1) is 23.9. The van der Waals surface area contributed by atoms with Crippen molar-refractivity contribution in [2.24, 2.45) is 18.4 Å². The average molecular weight is 543 g/mol. The highest BCUT2D eigenvalue weighted by atomic mass is 35.5. The van der Waals surface area contributed by atoms with E-state index in [9.17, 15) is 13.6 Å². The second kappa shape index (κ2) is 8.43. The number of aromatic nitrogens is 3. The van der Waals surface area contributed by atoms with Crippen molar-refractivity contribution < 1.29 is 13.5 Å². The van der Waals surface area contributed by atoms with Crippen LogP contribution >= 0.6 is 11.6 Å². The summed E-state index contributed by atoms with van der Waals surface area (Å²) in [7, 11) is 1.61. The van der Waals surface area contributed by atoms with Crippen LogP contribution in [0.1, 0.15) is 38.5 Å². The Morgan fingerprint density at radius 3 is 2.82 bits per heavy atom. The molecule has 1 unspecified atom stereocenters. The number of hydrogen-bond donors (Lipinski definition) is 2. The Morgan fingerprint density at radius 1 is 1.24 bits per heavy atom. The molecule has 38 heavy (non-hydrogen) atoms. The zero-order chi connectivity index (χ0) is 26.2. The second-order valence-corrected chi connectivity index (χ2v) is 11.7. The summed E-state index contributed by atoms with van der Waals surface area (Å²) in [5.74, 6) is -2.21. The lowest BCUT2D eigenvalue weighted by atomic mass is 9.95. The third-order valence-corrected chi connectivity index (χ3v) is 8.78. The quantitative estimate of drug-likeness (QED) is 0.461. The van der Waals surface area contributed by atoms with Crippen molar-refractivity contribution >= 4 is 45.6 Å². The first-order valence-corrected chi connectivity index (χ1v) is 13.6. The summed E-state index contributed by atoms with van der Waals surface area (Å²) in [6.07, 6.45) is 7.97. The van der Waals surface area contributed by atoms with Gasteiger partial charge >= 0.3 is 5.92 Å². The van der Waals surface area contributed by atoms with Gasteiger partial charge in [-0.15, -0.1) is 0 Å². The Balaban J connectivity index is 1.26. The maximum absolute atomic E-state index is 14.9. The SMILES string of the molecule is Cn1c(=O)c2c(c3cc(Nc4nc(N5CCCC6(CC6)C5)ncc4Cl)ccc31)NC(C1CC1)C(F)(F)CO2. The minimum Gasteiger partial charge on any atom is -0.480 e. The Morgan fingerprint density at radius 2 is 2.05 bits per heavy atom. The number of alkyl halides is 2. The lowest BCUT2D eigenvalue weighted by Gasteiger charge is -2.33. The number of nitrogens with one attached hydrogen (secondary N) is 2. The molecule has 11 heteroatoms. The molecule has 1 saturated heterocycles. The van der Waals surface area contributed by atoms with Gasteiger partial charge in [0.25, 0.3) is 5.56 Å². The number of piperidine rings is 1. The Bertz CT molecular complexity index is 1500. The standard InChI is InChI=1S/C27H29ClF2N6O2/c1-35-19-6-5-16(32-23-18(28)12-31-25(34-23)36-10-2-7-26(13-36)8-9-26)11-17(19)20-21(24(35)37)38-14-27(29,30)22(33-20)15-3-4-15/h5-6,11-12,15,22,33H,2-4,7-10,13-14H2,1H3,(H,31,32,34). The van der Waals surface area contributed by atoms with Crippen LogP contribution in [0.15, 0.2) is 29.2 Å². The number of aryl methyl sites for hydroxylation is 1. The number of pyridine rings is 1. The van der Waals surface area contributed by atoms with Crippen molar-refractivity contribution in [3.05, 3.63) is 39.8 Å². The molecule has 4 heterocycles. The predicted octanol–water partition coefficient (Wildman–Crippen LogP) is 5.32. The molecule has 4 aliphatic rings. The molecule has 3 fully saturated rings. The van der Waals surface area contributed by atoms with Gasteiger partial charge in [-0.25, -0.2) is 13.8 Å². The number of halogens is 3. The molecule has 0 amide bonds. The molecule has 7 rings (SSSR count). The fraction of sp³-hybridized carbons (Fsp3) is 0.519. The normalized spacial score (nSPS) is 23.4. The van der Waals surface area contributed by atoms with E-state index < -0.39 is 24.1 Å². The molecule has 2 saturated carbocycles. The zero-order valence-electron chi connectivity index (χ0n) is 21.1. The molecule has 2 N–H and O–H groups in total. The topological polar surface area (TPSA) is 84.3 Å². The van der Waals surface area contributed by atoms with Crippen LogP contribution in [0.2, 0.25) is 5.02 Å². The minimum atomic E-state index is -3.09. The van der Waals surface area contributed by atoms with Crippen molar-refractivity contribution in [1.29, 1.82) is 0 Å². The van der Waals surface area contributed by atoms with Crippen molar-refractivity contribution in [3.63, 3.8) is 0 Å². The Hall–Kier alpha value is -3.14. The van der Waals surface area contributed by atoms with Crippen LogP contribution in [0, 0.1) is 11.3 Å². The van der Waals surface area contributed by atoms with E-state index in [1.165, 1.54) is 23.8 Å². The van der Waals surface area contributed by atoms with Gasteiger partial charge in [0.15, 0.2) is 12.4 Å². The first-order valence-electron chi connectivity index (χ1n) is 13.2. The molecule has 200 valence electrons. The molecule has 1 atom stereocenters. The van der Waals surface area contributed by atoms with E-state index in [1.54, 1.807) is 19.3 Å². The van der Waals surface area contributed by atoms with Gasteiger partial charge in [-0.3, -0.25) is 4.79 Å². The maximum atomic E-state index is 14.9. The molecule has 0 radical (unpaired) electrons. The molecule has 2 aliphatic carbocycles. The zero-order valence-corrected chi connectivity index (χ0v) is 21.8. The molecule has 1 spiro atoms. The van der Waals surface area contributed by atoms with E-state index in [0.717, 1.165) is 32.4 Å². The molecule has 2 aromatic heterocycles. The maximum Gasteiger partial charge on any atom is 0.301 e. The van der Waals surface area contributed by atoms with Crippen molar-refractivity contribution in [3.8, 4) is 5.75 Å². The van der Waals surface area contributed by atoms with Crippen LogP contribution in [0.4, 0.5) is 31.9 Å². The summed E-state index contributed by atoms with van der Waals surface area (Å²) >= 11 is 6.48. The van der Waals surface area contributed by atoms with Crippen LogP contribution in [0.3, 0.4) is 0 Å². The fourth-order valence-corrected chi connectivity index (χ4v) is 6.12. The highest BCUT2D eigenvalue weighted by Gasteiger charge is 2.51. The fourth-order valence-electron chi connectivity index (χ4n) is 5.98. The van der Waals surface area contributed by atoms with Crippen LogP contribution in [-0.4, -0.2) is 46.2 Å². The highest BCUT2D eigenvalue weighted by molar-refractivity contribution is 6.33. The monoisotopic (exact) mass is 542 g/mol. The lowest BCUT2D eigenvalue weighted by molar-refractivity contribution is -0.0579. The molecule has 0 bridgehead atoms. The van der Waals surface area contributed by atoms with Gasteiger partial charge in [0.05, 0.1) is 23.4 Å². The summed E-state index contributed by atoms with van der Waals surface area (Å²) in [5.41, 5.74) is 1.53. The van der Waals surface area contributed by atoms with E-state index in [-0.39, 0.29) is 11.7 Å². The van der Waals surface area contributed by atoms with Gasteiger partial charge in [-0.05, 0) is 68.1 Å². The molecule has 2 aliphatic heterocycles. The number of hydrogen-bond acceptors (Lipinski definition) is 7. The van der Waals surface area contributed by atoms with Crippen molar-refractivity contribution in [2.75, 3.05) is 35.2 Å². The van der Waals surface area contributed by atoms with E-state index in [1.807, 2.05) is 12.1 Å². The first-order chi connectivity index (χ1) is 18.2. The molecular weight excluding hydrogens is 514 g/mol. The second-order valence-electron chi connectivity index (χ2n) is 11.3. The molecular formula is C27H29ClF2N6O2. The molecule has 8 nitrogen and oxygen atoms in total. The number of benzene rings is 1. The summed E-state index contributed by atoms with van der Waals surface area (Å²) in [5, 5.41) is 7.28. The summed E-state index contributed by atoms with van der Waals surface area (Å²) in [4.78, 5) is 24.5. The largest absolute Gasteiger partial charge is 0.480 e. The number of nitrogens with zero attached hydrogens (tertiary/aromatic N) is 4. The minimum absolute atomic E-state index is 0.0820. The lowest BCUT2D eigenvalue weighted by Crippen LogP contribution is -2.44. The third-order valence-electron chi connectivity index (χ3n) is 8.51. The number of fused-ring (bicyclic) bond motifs is 3. The summed E-state index contributed by atoms with van der Waals surface area (Å²) in [6, 6.07) is 4.33. The Labute approximate surface area is 223 Å². The van der Waals surface area contributed by atoms with E-state index >= 15 is 0 Å². The van der Waals surface area contributed by atoms with Crippen LogP contribution < -0.4 is 25.8 Å². The van der Waals surface area contributed by atoms with Gasteiger partial charge < -0.3 is 24.8 Å². The van der Waals surface area contributed by atoms with Gasteiger partial charge in [0.1, 0.15) is 5.02 Å². The van der Waals surface area contributed by atoms with Gasteiger partial charge in [-0.1, -0.05) is 11.6 Å². The molecule has 3 aromatic rings. The molecule has 1 aromatic carbocycles. The van der Waals surface area contributed by atoms with Gasteiger partial charge in [0, 0.05) is 31.2 Å². The summed E-state index contributed by atoms with van der Waals surface area (Å²) in [6.45, 7) is 1.05. The van der Waals surface area contributed by atoms with E-state index in [2.05, 4.69) is 20.5 Å². The summed E-state index contributed by atoms with van der Waals surface area (Å²) < 4.78 is 36.7. The predicted molar refractivity (Wildman–Crippen MR) is 143 cm³/mol. The highest BCUT2D eigenvalue weighted by Crippen LogP contribution is 2.52. The van der Waals surface area contributed by atoms with E-state index in [4.69, 9.17) is 21.3 Å². The number of anilines is 4.